The number of rotatable bonds is 0. The van der Waals surface area contributed by atoms with E-state index in [1.54, 1.807) is 20.8 Å². The predicted molar refractivity (Wildman–Crippen MR) is 109 cm³/mol. The summed E-state index contributed by atoms with van der Waals surface area (Å²) in [6, 6.07) is 0. The summed E-state index contributed by atoms with van der Waals surface area (Å²) in [6.45, 7) is 15.3. The Bertz CT molecular complexity index is 390. The van der Waals surface area contributed by atoms with Gasteiger partial charge in [0.2, 0.25) is 0 Å². The van der Waals surface area contributed by atoms with Crippen molar-refractivity contribution < 1.29 is 45.1 Å². The molecule has 0 bridgehead atoms. The first-order valence-electron chi connectivity index (χ1n) is 7.39. The van der Waals surface area contributed by atoms with Gasteiger partial charge in [0, 0.05) is 0 Å². The minimum absolute atomic E-state index is 0. The molecule has 0 nitrogen and oxygen atoms in total. The Morgan fingerprint density at radius 1 is 0.519 bits per heavy atom. The molecule has 0 N–H and O–H groups in total. The first-order chi connectivity index (χ1) is 11.8. The van der Waals surface area contributed by atoms with Gasteiger partial charge in [-0.15, -0.1) is 20.8 Å². The van der Waals surface area contributed by atoms with Gasteiger partial charge in [-0.25, -0.2) is 0 Å². The van der Waals surface area contributed by atoms with Gasteiger partial charge in [-0.1, -0.05) is 0 Å². The van der Waals surface area contributed by atoms with Gasteiger partial charge in [-0.05, 0) is 64.2 Å². The van der Waals surface area contributed by atoms with Crippen molar-refractivity contribution in [1.82, 2.24) is 0 Å². The van der Waals surface area contributed by atoms with Gasteiger partial charge in [-0.3, -0.25) is 17.8 Å². The molecule has 10 radical (unpaired) electrons. The fourth-order valence-corrected chi connectivity index (χ4v) is 0.642. The molecule has 27 heavy (non-hydrogen) atoms. The van der Waals surface area contributed by atoms with Gasteiger partial charge in [0.05, 0.1) is 0 Å². The second-order valence-electron chi connectivity index (χ2n) is 4.64. The van der Waals surface area contributed by atoms with Crippen LogP contribution in [0, 0.1) is 101 Å². The maximum absolute atomic E-state index is 6.31. The van der Waals surface area contributed by atoms with E-state index in [4.69, 9.17) is 19.3 Å². The Kier molecular flexibility index (Phi) is 45.4. The minimum Gasteiger partial charge on any atom is -0.366 e. The van der Waals surface area contributed by atoms with Crippen LogP contribution in [0.2, 0.25) is 0 Å². The van der Waals surface area contributed by atoms with E-state index < -0.39 is 0 Å². The van der Waals surface area contributed by atoms with E-state index in [9.17, 15) is 0 Å². The van der Waals surface area contributed by atoms with Crippen molar-refractivity contribution in [3.8, 4) is 17.8 Å². The molecular weight excluding hydrogens is 398 g/mol. The first-order valence-corrected chi connectivity index (χ1v) is 7.39. The molecule has 2 fully saturated rings. The van der Waals surface area contributed by atoms with Gasteiger partial charge in [0.1, 0.15) is 0 Å². The van der Waals surface area contributed by atoms with E-state index in [-0.39, 0.29) is 45.1 Å². The smallest absolute Gasteiger partial charge is 0.366 e. The summed E-state index contributed by atoms with van der Waals surface area (Å²) >= 11 is 0. The summed E-state index contributed by atoms with van der Waals surface area (Å²) in [5.74, 6) is 6.25. The molecule has 2 aliphatic carbocycles. The Labute approximate surface area is 202 Å². The largest absolute Gasteiger partial charge is 2.00 e. The summed E-state index contributed by atoms with van der Waals surface area (Å²) in [6.07, 6.45) is 38.9. The zero-order chi connectivity index (χ0) is 19.9. The van der Waals surface area contributed by atoms with Gasteiger partial charge in [-0.2, -0.15) is 36.5 Å². The Balaban J connectivity index is -0.0000000733. The molecule has 0 unspecified atom stereocenters. The fourth-order valence-electron chi connectivity index (χ4n) is 0.642. The molecule has 0 saturated heterocycles. The molecule has 0 spiro atoms. The van der Waals surface area contributed by atoms with E-state index in [1.165, 1.54) is 0 Å². The van der Waals surface area contributed by atoms with Crippen LogP contribution in [0.5, 0.6) is 0 Å². The van der Waals surface area contributed by atoms with Crippen molar-refractivity contribution in [3.63, 3.8) is 0 Å². The molecule has 0 aromatic carbocycles. The number of allylic oxidation sites excluding steroid dienone is 3. The van der Waals surface area contributed by atoms with Gasteiger partial charge < -0.3 is 19.3 Å². The van der Waals surface area contributed by atoms with Crippen LogP contribution >= 0.6 is 0 Å². The number of hydrogen-bond acceptors (Lipinski definition) is 0. The normalized spacial score (nSPS) is 12.0. The number of hydrogen-bond donors (Lipinski definition) is 0. The van der Waals surface area contributed by atoms with Gasteiger partial charge >= 0.3 is 45.1 Å². The molecule has 0 aliphatic heterocycles. The summed E-state index contributed by atoms with van der Waals surface area (Å²) in [4.78, 5) is 0. The van der Waals surface area contributed by atoms with Crippen LogP contribution < -0.4 is 18.9 Å². The molecule has 0 aromatic rings. The SMILES string of the molecule is [C-]#CC(=C)C.[C-]#CC(=C)C.[C-]#CC(=C)C.[CH]1[CH][CH][CH][CH]1.[CH]1[CH][CH][CH][CH]1.[Li+].[Zr+2]. The molecule has 0 heterocycles. The summed E-state index contributed by atoms with van der Waals surface area (Å²) in [5, 5.41) is 0. The van der Waals surface area contributed by atoms with Crippen molar-refractivity contribution in [2.24, 2.45) is 0 Å². The monoisotopic (exact) mass is 422 g/mol. The van der Waals surface area contributed by atoms with Crippen LogP contribution in [0.4, 0.5) is 0 Å². The maximum atomic E-state index is 6.31. The van der Waals surface area contributed by atoms with Crippen LogP contribution in [0.15, 0.2) is 36.5 Å². The van der Waals surface area contributed by atoms with Gasteiger partial charge in [0.15, 0.2) is 0 Å². The molecule has 0 aromatic heterocycles. The molecule has 2 rings (SSSR count). The molecular formula is C25H25LiZr. The van der Waals surface area contributed by atoms with Gasteiger partial charge in [0.25, 0.3) is 0 Å². The summed E-state index contributed by atoms with van der Waals surface area (Å²) in [7, 11) is 0. The van der Waals surface area contributed by atoms with E-state index in [1.807, 2.05) is 64.2 Å². The zero-order valence-electron chi connectivity index (χ0n) is 16.9. The van der Waals surface area contributed by atoms with E-state index in [2.05, 4.69) is 37.5 Å². The van der Waals surface area contributed by atoms with Crippen LogP contribution in [-0.4, -0.2) is 0 Å². The van der Waals surface area contributed by atoms with Crippen LogP contribution in [0.1, 0.15) is 20.8 Å². The first kappa shape index (κ1) is 37.2. The third kappa shape index (κ3) is 58.6. The Morgan fingerprint density at radius 2 is 0.593 bits per heavy atom. The van der Waals surface area contributed by atoms with E-state index in [0.717, 1.165) is 0 Å². The topological polar surface area (TPSA) is 0 Å². The average Bonchev–Trinajstić information content (AvgIpc) is 3.33. The van der Waals surface area contributed by atoms with E-state index in [0.29, 0.717) is 16.7 Å². The van der Waals surface area contributed by atoms with Crippen LogP contribution in [0.3, 0.4) is 0 Å². The maximum Gasteiger partial charge on any atom is 2.00 e. The van der Waals surface area contributed by atoms with Crippen molar-refractivity contribution in [2.75, 3.05) is 0 Å². The Morgan fingerprint density at radius 3 is 0.630 bits per heavy atom. The standard InChI is InChI=1S/5C5H5.Li.Zr/c2*1-2-4-5-3-1;3*1-4-5(2)3;;/h2*1-5H;3*2H2,3H3;;/q;;3*-1;+1;+2. The van der Waals surface area contributed by atoms with Crippen molar-refractivity contribution >= 4 is 0 Å². The molecule has 2 aliphatic rings. The molecule has 2 saturated carbocycles. The second kappa shape index (κ2) is 33.0. The summed E-state index contributed by atoms with van der Waals surface area (Å²) in [5.41, 5.74) is 2.01. The quantitative estimate of drug-likeness (QED) is 0.319. The second-order valence-corrected chi connectivity index (χ2v) is 4.64. The third-order valence-corrected chi connectivity index (χ3v) is 1.75. The van der Waals surface area contributed by atoms with Crippen molar-refractivity contribution in [2.45, 2.75) is 20.8 Å². The van der Waals surface area contributed by atoms with Crippen molar-refractivity contribution in [3.05, 3.63) is 120 Å². The molecule has 130 valence electrons. The van der Waals surface area contributed by atoms with E-state index >= 15 is 0 Å². The molecule has 2 heteroatoms. The minimum atomic E-state index is 0. The Hall–Kier alpha value is -0.619. The third-order valence-electron chi connectivity index (χ3n) is 1.75. The fraction of sp³-hybridized carbons (Fsp3) is 0.120. The van der Waals surface area contributed by atoms with Crippen molar-refractivity contribution in [1.29, 1.82) is 0 Å². The molecule has 0 amide bonds. The zero-order valence-corrected chi connectivity index (χ0v) is 19.4. The van der Waals surface area contributed by atoms with Crippen LogP contribution in [0.25, 0.3) is 0 Å². The summed E-state index contributed by atoms with van der Waals surface area (Å²) < 4.78 is 0. The van der Waals surface area contributed by atoms with Crippen LogP contribution in [-0.2, 0) is 26.2 Å². The molecule has 0 atom stereocenters. The predicted octanol–water partition coefficient (Wildman–Crippen LogP) is 2.50. The average molecular weight is 424 g/mol.